The van der Waals surface area contributed by atoms with E-state index in [1.165, 1.54) is 109 Å². The van der Waals surface area contributed by atoms with Crippen LogP contribution in [0.15, 0.2) is 280 Å². The van der Waals surface area contributed by atoms with Crippen molar-refractivity contribution in [2.24, 2.45) is 0 Å². The lowest BCUT2D eigenvalue weighted by Gasteiger charge is -2.40. The van der Waals surface area contributed by atoms with Gasteiger partial charge in [0.05, 0.1) is 27.9 Å². The van der Waals surface area contributed by atoms with Crippen LogP contribution in [-0.2, 0) is 10.8 Å². The van der Waals surface area contributed by atoms with E-state index in [1.807, 2.05) is 23.5 Å². The third-order valence-electron chi connectivity index (χ3n) is 15.6. The summed E-state index contributed by atoms with van der Waals surface area (Å²) in [6.45, 7) is 0. The number of rotatable bonds is 5. The molecular formula is C68H43NS2. The molecule has 15 rings (SSSR count). The van der Waals surface area contributed by atoms with Gasteiger partial charge in [-0.25, -0.2) is 0 Å². The monoisotopic (exact) mass is 937 g/mol. The van der Waals surface area contributed by atoms with Gasteiger partial charge < -0.3 is 4.90 Å². The van der Waals surface area contributed by atoms with E-state index in [4.69, 9.17) is 0 Å². The molecule has 0 N–H and O–H groups in total. The van der Waals surface area contributed by atoms with Crippen LogP contribution >= 0.6 is 23.5 Å². The third kappa shape index (κ3) is 5.62. The van der Waals surface area contributed by atoms with Crippen molar-refractivity contribution in [3.05, 3.63) is 305 Å². The largest absolute Gasteiger partial charge is 0.309 e. The molecule has 0 bridgehead atoms. The maximum absolute atomic E-state index is 2.63. The summed E-state index contributed by atoms with van der Waals surface area (Å²) < 4.78 is 0. The van der Waals surface area contributed by atoms with E-state index in [0.717, 1.165) is 17.1 Å². The Labute approximate surface area is 423 Å². The van der Waals surface area contributed by atoms with E-state index in [9.17, 15) is 0 Å². The molecule has 4 aliphatic rings. The fourth-order valence-electron chi connectivity index (χ4n) is 12.9. The summed E-state index contributed by atoms with van der Waals surface area (Å²) in [4.78, 5) is 7.83. The van der Waals surface area contributed by atoms with E-state index in [-0.39, 0.29) is 0 Å². The van der Waals surface area contributed by atoms with Gasteiger partial charge in [-0.2, -0.15) is 0 Å². The Bertz CT molecular complexity index is 3680. The SMILES string of the molecule is c1ccc(-c2ccc(-c3ccccc3N(c3cccc4c3-c3ccccc3C43c4ccccc4Sc4ccccc43)c3cccc4c3-c3ccccc3C43c4ccccc4Sc4ccccc43)cc2)cc1. The van der Waals surface area contributed by atoms with Crippen molar-refractivity contribution in [2.75, 3.05) is 4.90 Å². The summed E-state index contributed by atoms with van der Waals surface area (Å²) in [5.41, 5.74) is 22.8. The lowest BCUT2D eigenvalue weighted by molar-refractivity contribution is 0.722. The Kier molecular flexibility index (Phi) is 9.03. The summed E-state index contributed by atoms with van der Waals surface area (Å²) in [5.74, 6) is 0. The zero-order valence-electron chi connectivity index (χ0n) is 38.6. The van der Waals surface area contributed by atoms with Gasteiger partial charge in [-0.15, -0.1) is 0 Å². The van der Waals surface area contributed by atoms with Crippen molar-refractivity contribution < 1.29 is 0 Å². The minimum atomic E-state index is -0.526. The number of anilines is 3. The maximum atomic E-state index is 2.63. The predicted molar refractivity (Wildman–Crippen MR) is 295 cm³/mol. The molecular weight excluding hydrogens is 895 g/mol. The molecule has 0 atom stereocenters. The minimum absolute atomic E-state index is 0.526. The molecule has 11 aromatic carbocycles. The van der Waals surface area contributed by atoms with Gasteiger partial charge >= 0.3 is 0 Å². The summed E-state index contributed by atoms with van der Waals surface area (Å²) in [7, 11) is 0. The van der Waals surface area contributed by atoms with Crippen LogP contribution in [0, 0.1) is 0 Å². The van der Waals surface area contributed by atoms with Gasteiger partial charge in [-0.3, -0.25) is 0 Å². The summed E-state index contributed by atoms with van der Waals surface area (Å²) >= 11 is 3.78. The molecule has 0 saturated carbocycles. The molecule has 1 nitrogen and oxygen atoms in total. The Balaban J connectivity index is 1.06. The second-order valence-electron chi connectivity index (χ2n) is 19.0. The highest BCUT2D eigenvalue weighted by Gasteiger charge is 2.53. The highest BCUT2D eigenvalue weighted by Crippen LogP contribution is 2.67. The molecule has 0 unspecified atom stereocenters. The Morgan fingerprint density at radius 1 is 0.225 bits per heavy atom. The molecule has 11 aromatic rings. The van der Waals surface area contributed by atoms with E-state index in [0.29, 0.717) is 0 Å². The van der Waals surface area contributed by atoms with E-state index < -0.39 is 10.8 Å². The molecule has 71 heavy (non-hydrogen) atoms. The lowest BCUT2D eigenvalue weighted by Crippen LogP contribution is -2.32. The number of hydrogen-bond donors (Lipinski definition) is 0. The van der Waals surface area contributed by atoms with E-state index in [1.54, 1.807) is 0 Å². The number of hydrogen-bond acceptors (Lipinski definition) is 3. The van der Waals surface area contributed by atoms with Crippen LogP contribution in [0.3, 0.4) is 0 Å². The first-order valence-electron chi connectivity index (χ1n) is 24.5. The second-order valence-corrected chi connectivity index (χ2v) is 21.1. The van der Waals surface area contributed by atoms with Crippen molar-refractivity contribution in [2.45, 2.75) is 30.4 Å². The molecule has 2 spiro atoms. The topological polar surface area (TPSA) is 3.24 Å². The zero-order chi connectivity index (χ0) is 46.7. The molecule has 3 heteroatoms. The van der Waals surface area contributed by atoms with Crippen molar-refractivity contribution in [3.63, 3.8) is 0 Å². The minimum Gasteiger partial charge on any atom is -0.309 e. The Morgan fingerprint density at radius 3 is 1.01 bits per heavy atom. The number of nitrogens with zero attached hydrogens (tertiary/aromatic N) is 1. The fourth-order valence-corrected chi connectivity index (χ4v) is 15.3. The molecule has 0 aromatic heterocycles. The van der Waals surface area contributed by atoms with Gasteiger partial charge in [0, 0.05) is 36.3 Å². The number of fused-ring (bicyclic) bond motifs is 18. The average Bonchev–Trinajstić information content (AvgIpc) is 3.91. The van der Waals surface area contributed by atoms with Gasteiger partial charge in [0.25, 0.3) is 0 Å². The first-order chi connectivity index (χ1) is 35.2. The van der Waals surface area contributed by atoms with E-state index in [2.05, 4.69) is 266 Å². The van der Waals surface area contributed by atoms with Gasteiger partial charge in [-0.1, -0.05) is 242 Å². The van der Waals surface area contributed by atoms with Crippen molar-refractivity contribution in [1.82, 2.24) is 0 Å². The first-order valence-corrected chi connectivity index (χ1v) is 26.1. The smallest absolute Gasteiger partial charge is 0.0736 e. The van der Waals surface area contributed by atoms with Gasteiger partial charge in [0.2, 0.25) is 0 Å². The van der Waals surface area contributed by atoms with Gasteiger partial charge in [-0.05, 0) is 115 Å². The molecule has 2 heterocycles. The lowest BCUT2D eigenvalue weighted by atomic mass is 9.67. The highest BCUT2D eigenvalue weighted by atomic mass is 32.2. The van der Waals surface area contributed by atoms with Crippen LogP contribution in [0.25, 0.3) is 44.5 Å². The van der Waals surface area contributed by atoms with Crippen LogP contribution < -0.4 is 4.90 Å². The predicted octanol–water partition coefficient (Wildman–Crippen LogP) is 18.1. The third-order valence-corrected chi connectivity index (χ3v) is 17.9. The number of para-hydroxylation sites is 1. The van der Waals surface area contributed by atoms with Crippen LogP contribution in [-0.4, -0.2) is 0 Å². The first kappa shape index (κ1) is 40.8. The molecule has 0 amide bonds. The Hall–Kier alpha value is -8.08. The average molecular weight is 938 g/mol. The molecule has 0 radical (unpaired) electrons. The summed E-state index contributed by atoms with van der Waals surface area (Å²) in [6.07, 6.45) is 0. The van der Waals surface area contributed by atoms with Crippen molar-refractivity contribution >= 4 is 40.6 Å². The standard InChI is InChI=1S/C68H43NS2/c1-2-20-44(21-3-1)45-40-42-46(43-41-45)47-22-6-13-33-58(47)69(59-34-18-31-56-65(59)48-23-4-7-25-50(48)67(56)52-27-9-14-36-61(52)70-62-37-15-10-28-53(62)67)60-35-19-32-57-66(60)49-24-5-8-26-51(49)68(57)54-29-11-16-38-63(54)71-64-39-17-12-30-55(64)68/h1-43H. The van der Waals surface area contributed by atoms with Crippen LogP contribution in [0.2, 0.25) is 0 Å². The molecule has 332 valence electrons. The fraction of sp³-hybridized carbons (Fsp3) is 0.0294. The molecule has 2 aliphatic heterocycles. The van der Waals surface area contributed by atoms with Crippen LogP contribution in [0.5, 0.6) is 0 Å². The Morgan fingerprint density at radius 2 is 0.549 bits per heavy atom. The molecule has 0 fully saturated rings. The highest BCUT2D eigenvalue weighted by molar-refractivity contribution is 7.99. The van der Waals surface area contributed by atoms with Gasteiger partial charge in [0.15, 0.2) is 0 Å². The van der Waals surface area contributed by atoms with Crippen molar-refractivity contribution in [1.29, 1.82) is 0 Å². The van der Waals surface area contributed by atoms with Crippen LogP contribution in [0.1, 0.15) is 44.5 Å². The van der Waals surface area contributed by atoms with Gasteiger partial charge in [0.1, 0.15) is 0 Å². The summed E-state index contributed by atoms with van der Waals surface area (Å²) in [6, 6.07) is 98.1. The number of benzene rings is 11. The second kappa shape index (κ2) is 15.7. The normalized spacial score (nSPS) is 14.3. The molecule has 0 saturated heterocycles. The zero-order valence-corrected chi connectivity index (χ0v) is 40.2. The quantitative estimate of drug-likeness (QED) is 0.169. The molecule has 2 aliphatic carbocycles. The summed E-state index contributed by atoms with van der Waals surface area (Å²) in [5, 5.41) is 0. The maximum Gasteiger partial charge on any atom is 0.0736 e. The van der Waals surface area contributed by atoms with E-state index >= 15 is 0 Å². The van der Waals surface area contributed by atoms with Crippen LogP contribution in [0.4, 0.5) is 17.1 Å². The van der Waals surface area contributed by atoms with Crippen molar-refractivity contribution in [3.8, 4) is 44.5 Å².